The second-order valence-corrected chi connectivity index (χ2v) is 7.46. The summed E-state index contributed by atoms with van der Waals surface area (Å²) >= 11 is 0. The van der Waals surface area contributed by atoms with E-state index in [4.69, 9.17) is 0 Å². The van der Waals surface area contributed by atoms with Crippen LogP contribution in [0, 0.1) is 36.5 Å². The molecule has 170 valence electrons. The Morgan fingerprint density at radius 3 is 1.38 bits per heavy atom. The molecule has 0 aliphatic rings. The number of benzene rings is 1. The lowest BCUT2D eigenvalue weighted by molar-refractivity contribution is 0.421. The van der Waals surface area contributed by atoms with Crippen LogP contribution in [0.25, 0.3) is 0 Å². The number of aromatic hydroxyl groups is 2. The van der Waals surface area contributed by atoms with E-state index < -0.39 is 11.1 Å². The van der Waals surface area contributed by atoms with Gasteiger partial charge in [0.05, 0.1) is 22.5 Å². The molecule has 0 saturated carbocycles. The summed E-state index contributed by atoms with van der Waals surface area (Å²) < 4.78 is 1.97. The van der Waals surface area contributed by atoms with Crippen LogP contribution in [0.1, 0.15) is 33.4 Å². The van der Waals surface area contributed by atoms with Crippen molar-refractivity contribution in [2.75, 3.05) is 0 Å². The number of aromatic nitrogens is 2. The van der Waals surface area contributed by atoms with Crippen molar-refractivity contribution < 1.29 is 10.2 Å². The van der Waals surface area contributed by atoms with Gasteiger partial charge in [-0.2, -0.15) is 10.5 Å². The van der Waals surface area contributed by atoms with E-state index in [9.17, 15) is 30.3 Å². The minimum atomic E-state index is -0.585. The first kappa shape index (κ1) is 23.7. The highest BCUT2D eigenvalue weighted by Crippen LogP contribution is 2.23. The van der Waals surface area contributed by atoms with Gasteiger partial charge < -0.3 is 10.2 Å². The van der Waals surface area contributed by atoms with Gasteiger partial charge in [-0.25, -0.2) is 0 Å². The highest BCUT2D eigenvalue weighted by Gasteiger charge is 2.16. The van der Waals surface area contributed by atoms with Gasteiger partial charge in [0.15, 0.2) is 0 Å². The van der Waals surface area contributed by atoms with Crippen LogP contribution < -0.4 is 11.1 Å². The standard InChI is InChI=1S/C24H20N6O4/c1-13-17(9-25)21(31)29(3)23(33)19(13)11-27-15-5-7-16(8-6-15)28-12-20-14(2)18(10-26)22(32)30(4)24(20)34/h5-8,11-12,33-34H,1-4H3. The predicted octanol–water partition coefficient (Wildman–Crippen LogP) is 2.36. The topological polar surface area (TPSA) is 157 Å². The van der Waals surface area contributed by atoms with E-state index in [1.807, 2.05) is 12.1 Å². The highest BCUT2D eigenvalue weighted by molar-refractivity contribution is 5.88. The number of nitrogens with zero attached hydrogens (tertiary/aromatic N) is 6. The summed E-state index contributed by atoms with van der Waals surface area (Å²) in [7, 11) is 2.73. The van der Waals surface area contributed by atoms with Crippen LogP contribution in [-0.2, 0) is 14.1 Å². The van der Waals surface area contributed by atoms with Crippen molar-refractivity contribution in [2.45, 2.75) is 13.8 Å². The van der Waals surface area contributed by atoms with Gasteiger partial charge in [0.1, 0.15) is 23.3 Å². The summed E-state index contributed by atoms with van der Waals surface area (Å²) in [5, 5.41) is 39.0. The summed E-state index contributed by atoms with van der Waals surface area (Å²) in [6.45, 7) is 3.13. The molecule has 34 heavy (non-hydrogen) atoms. The fourth-order valence-corrected chi connectivity index (χ4v) is 3.29. The molecule has 3 rings (SSSR count). The van der Waals surface area contributed by atoms with Crippen molar-refractivity contribution in [1.82, 2.24) is 9.13 Å². The lowest BCUT2D eigenvalue weighted by atomic mass is 10.1. The third-order valence-electron chi connectivity index (χ3n) is 5.47. The number of hydrogen-bond donors (Lipinski definition) is 2. The van der Waals surface area contributed by atoms with E-state index >= 15 is 0 Å². The maximum Gasteiger partial charge on any atom is 0.271 e. The Labute approximate surface area is 194 Å². The van der Waals surface area contributed by atoms with Gasteiger partial charge in [0.2, 0.25) is 11.8 Å². The van der Waals surface area contributed by atoms with Crippen LogP contribution >= 0.6 is 0 Å². The quantitative estimate of drug-likeness (QED) is 0.574. The molecule has 0 aliphatic heterocycles. The molecule has 2 N–H and O–H groups in total. The maximum absolute atomic E-state index is 12.1. The minimum absolute atomic E-state index is 0.0667. The molecule has 3 aromatic rings. The fourth-order valence-electron chi connectivity index (χ4n) is 3.29. The Morgan fingerprint density at radius 1 is 0.765 bits per heavy atom. The van der Waals surface area contributed by atoms with Gasteiger partial charge in [0, 0.05) is 26.5 Å². The first-order chi connectivity index (χ1) is 16.1. The van der Waals surface area contributed by atoms with E-state index in [1.165, 1.54) is 26.5 Å². The third kappa shape index (κ3) is 4.08. The van der Waals surface area contributed by atoms with Crippen molar-refractivity contribution in [1.29, 1.82) is 10.5 Å². The zero-order valence-corrected chi connectivity index (χ0v) is 18.9. The Balaban J connectivity index is 1.92. The molecule has 0 saturated heterocycles. The molecule has 2 heterocycles. The van der Waals surface area contributed by atoms with Gasteiger partial charge in [-0.15, -0.1) is 0 Å². The molecular weight excluding hydrogens is 436 g/mol. The van der Waals surface area contributed by atoms with Crippen molar-refractivity contribution in [2.24, 2.45) is 24.1 Å². The van der Waals surface area contributed by atoms with Gasteiger partial charge >= 0.3 is 0 Å². The molecule has 0 aliphatic carbocycles. The predicted molar refractivity (Wildman–Crippen MR) is 127 cm³/mol. The first-order valence-corrected chi connectivity index (χ1v) is 9.95. The third-order valence-corrected chi connectivity index (χ3v) is 5.47. The lowest BCUT2D eigenvalue weighted by Gasteiger charge is -2.10. The maximum atomic E-state index is 12.1. The Bertz CT molecular complexity index is 1440. The molecule has 10 heteroatoms. The molecule has 0 bridgehead atoms. The van der Waals surface area contributed by atoms with Gasteiger partial charge in [-0.3, -0.25) is 28.7 Å². The molecule has 2 aromatic heterocycles. The molecule has 1 aromatic carbocycles. The first-order valence-electron chi connectivity index (χ1n) is 9.95. The normalized spacial score (nSPS) is 11.1. The Kier molecular flexibility index (Phi) is 6.46. The van der Waals surface area contributed by atoms with Gasteiger partial charge in [-0.05, 0) is 49.2 Å². The molecule has 0 unspecified atom stereocenters. The molecule has 0 spiro atoms. The van der Waals surface area contributed by atoms with E-state index in [1.54, 1.807) is 38.1 Å². The van der Waals surface area contributed by atoms with E-state index in [0.717, 1.165) is 9.13 Å². The molecule has 0 radical (unpaired) electrons. The van der Waals surface area contributed by atoms with Crippen molar-refractivity contribution in [3.8, 4) is 23.9 Å². The van der Waals surface area contributed by atoms with E-state index in [0.29, 0.717) is 22.5 Å². The van der Waals surface area contributed by atoms with Crippen LogP contribution in [0.5, 0.6) is 11.8 Å². The van der Waals surface area contributed by atoms with E-state index in [-0.39, 0.29) is 34.0 Å². The second-order valence-electron chi connectivity index (χ2n) is 7.46. The molecule has 0 atom stereocenters. The van der Waals surface area contributed by atoms with Crippen LogP contribution in [0.15, 0.2) is 43.8 Å². The summed E-state index contributed by atoms with van der Waals surface area (Å²) in [5.41, 5.74) is 0.929. The second kappa shape index (κ2) is 9.27. The van der Waals surface area contributed by atoms with Crippen LogP contribution in [-0.4, -0.2) is 31.8 Å². The zero-order chi connectivity index (χ0) is 25.2. The SMILES string of the molecule is Cc1c(C=Nc2ccc(N=Cc3c(C)c(C#N)c(=O)n(C)c3O)cc2)c(O)n(C)c(=O)c1C#N. The monoisotopic (exact) mass is 456 g/mol. The molecule has 0 fully saturated rings. The number of aliphatic imine (C=N–C) groups is 2. The average molecular weight is 456 g/mol. The lowest BCUT2D eigenvalue weighted by Crippen LogP contribution is -2.22. The number of rotatable bonds is 4. The summed E-state index contributed by atoms with van der Waals surface area (Å²) in [4.78, 5) is 32.7. The summed E-state index contributed by atoms with van der Waals surface area (Å²) in [6.07, 6.45) is 2.75. The van der Waals surface area contributed by atoms with Crippen molar-refractivity contribution in [3.63, 3.8) is 0 Å². The molecular formula is C24H20N6O4. The largest absolute Gasteiger partial charge is 0.494 e. The summed E-state index contributed by atoms with van der Waals surface area (Å²) in [5.74, 6) is -0.591. The average Bonchev–Trinajstić information content (AvgIpc) is 2.83. The van der Waals surface area contributed by atoms with Crippen molar-refractivity contribution >= 4 is 23.8 Å². The Morgan fingerprint density at radius 2 is 1.09 bits per heavy atom. The fraction of sp³-hybridized carbons (Fsp3) is 0.167. The molecule has 0 amide bonds. The van der Waals surface area contributed by atoms with Gasteiger partial charge in [-0.1, -0.05) is 0 Å². The smallest absolute Gasteiger partial charge is 0.271 e. The number of pyridine rings is 2. The highest BCUT2D eigenvalue weighted by atomic mass is 16.3. The number of hydrogen-bond acceptors (Lipinski definition) is 8. The minimum Gasteiger partial charge on any atom is -0.494 e. The van der Waals surface area contributed by atoms with E-state index in [2.05, 4.69) is 9.98 Å². The molecule has 10 nitrogen and oxygen atoms in total. The zero-order valence-electron chi connectivity index (χ0n) is 18.9. The number of nitriles is 2. The van der Waals surface area contributed by atoms with Crippen LogP contribution in [0.2, 0.25) is 0 Å². The van der Waals surface area contributed by atoms with Crippen LogP contribution in [0.3, 0.4) is 0 Å². The van der Waals surface area contributed by atoms with Crippen molar-refractivity contribution in [3.05, 3.63) is 78.4 Å². The Hall–Kier alpha value is -4.96. The van der Waals surface area contributed by atoms with Gasteiger partial charge in [0.25, 0.3) is 11.1 Å². The van der Waals surface area contributed by atoms with Crippen LogP contribution in [0.4, 0.5) is 11.4 Å². The summed E-state index contributed by atoms with van der Waals surface area (Å²) in [6, 6.07) is 10.4.